The van der Waals surface area contributed by atoms with Crippen LogP contribution in [0, 0.1) is 0 Å². The van der Waals surface area contributed by atoms with E-state index in [9.17, 15) is 9.59 Å². The highest BCUT2D eigenvalue weighted by atomic mass is 32.1. The molecule has 146 valence electrons. The SMILES string of the molecule is CCC(=O)N(Cc1cc(NC(=O)c2cccs2)ccc1N(C)C)C(C)CC. The number of nitrogens with zero attached hydrogens (tertiary/aromatic N) is 2. The maximum Gasteiger partial charge on any atom is 0.265 e. The van der Waals surface area contributed by atoms with Gasteiger partial charge in [0.25, 0.3) is 5.91 Å². The van der Waals surface area contributed by atoms with E-state index in [1.807, 2.05) is 60.5 Å². The summed E-state index contributed by atoms with van der Waals surface area (Å²) in [5.74, 6) is 0.0269. The van der Waals surface area contributed by atoms with Crippen LogP contribution >= 0.6 is 11.3 Å². The monoisotopic (exact) mass is 387 g/mol. The molecule has 0 fully saturated rings. The number of nitrogens with one attached hydrogen (secondary N) is 1. The third-order valence-corrected chi connectivity index (χ3v) is 5.52. The second-order valence-electron chi connectivity index (χ2n) is 6.80. The Balaban J connectivity index is 2.31. The van der Waals surface area contributed by atoms with E-state index in [1.165, 1.54) is 11.3 Å². The molecule has 0 spiro atoms. The van der Waals surface area contributed by atoms with E-state index in [0.717, 1.165) is 23.4 Å². The zero-order valence-corrected chi connectivity index (χ0v) is 17.6. The highest BCUT2D eigenvalue weighted by molar-refractivity contribution is 7.12. The van der Waals surface area contributed by atoms with Crippen LogP contribution in [0.3, 0.4) is 0 Å². The van der Waals surface area contributed by atoms with Crippen molar-refractivity contribution in [1.29, 1.82) is 0 Å². The van der Waals surface area contributed by atoms with Crippen LogP contribution in [0.2, 0.25) is 0 Å². The third-order valence-electron chi connectivity index (χ3n) is 4.65. The Hall–Kier alpha value is -2.34. The molecule has 2 amide bonds. The third kappa shape index (κ3) is 5.32. The van der Waals surface area contributed by atoms with Crippen molar-refractivity contribution in [2.45, 2.75) is 46.2 Å². The van der Waals surface area contributed by atoms with E-state index >= 15 is 0 Å². The Morgan fingerprint density at radius 3 is 2.48 bits per heavy atom. The lowest BCUT2D eigenvalue weighted by Gasteiger charge is -2.30. The van der Waals surface area contributed by atoms with Crippen LogP contribution in [0.25, 0.3) is 0 Å². The number of hydrogen-bond acceptors (Lipinski definition) is 4. The van der Waals surface area contributed by atoms with Gasteiger partial charge in [-0.25, -0.2) is 0 Å². The molecule has 0 saturated carbocycles. The highest BCUT2D eigenvalue weighted by Gasteiger charge is 2.20. The van der Waals surface area contributed by atoms with Crippen LogP contribution in [0.15, 0.2) is 35.7 Å². The molecule has 1 aromatic carbocycles. The molecule has 1 atom stereocenters. The van der Waals surface area contributed by atoms with Crippen molar-refractivity contribution in [2.24, 2.45) is 0 Å². The molecular weight excluding hydrogens is 358 g/mol. The van der Waals surface area contributed by atoms with Crippen LogP contribution in [0.5, 0.6) is 0 Å². The fourth-order valence-electron chi connectivity index (χ4n) is 2.92. The number of rotatable bonds is 8. The summed E-state index contributed by atoms with van der Waals surface area (Å²) in [7, 11) is 3.97. The first-order chi connectivity index (χ1) is 12.9. The first-order valence-electron chi connectivity index (χ1n) is 9.31. The predicted molar refractivity (Wildman–Crippen MR) is 114 cm³/mol. The quantitative estimate of drug-likeness (QED) is 0.720. The van der Waals surface area contributed by atoms with Gasteiger partial charge in [-0.15, -0.1) is 11.3 Å². The largest absolute Gasteiger partial charge is 0.377 e. The maximum atomic E-state index is 12.5. The number of hydrogen-bond donors (Lipinski definition) is 1. The van der Waals surface area contributed by atoms with Crippen LogP contribution in [-0.2, 0) is 11.3 Å². The fourth-order valence-corrected chi connectivity index (χ4v) is 3.54. The topological polar surface area (TPSA) is 52.7 Å². The molecule has 1 unspecified atom stereocenters. The summed E-state index contributed by atoms with van der Waals surface area (Å²) in [5, 5.41) is 4.84. The van der Waals surface area contributed by atoms with Gasteiger partial charge >= 0.3 is 0 Å². The zero-order valence-electron chi connectivity index (χ0n) is 16.8. The molecule has 0 radical (unpaired) electrons. The molecule has 27 heavy (non-hydrogen) atoms. The standard InChI is InChI=1S/C21H29N3O2S/c1-6-15(3)24(20(25)7-2)14-16-13-17(10-11-18(16)23(4)5)22-21(26)19-9-8-12-27-19/h8-13,15H,6-7,14H2,1-5H3,(H,22,26). The Labute approximate surface area is 166 Å². The molecule has 0 aliphatic carbocycles. The van der Waals surface area contributed by atoms with E-state index in [1.54, 1.807) is 6.07 Å². The average molecular weight is 388 g/mol. The first kappa shape index (κ1) is 21.0. The van der Waals surface area contributed by atoms with Gasteiger partial charge < -0.3 is 15.1 Å². The van der Waals surface area contributed by atoms with Gasteiger partial charge in [-0.05, 0) is 48.6 Å². The molecule has 1 N–H and O–H groups in total. The van der Waals surface area contributed by atoms with Crippen molar-refractivity contribution in [3.05, 3.63) is 46.2 Å². The van der Waals surface area contributed by atoms with Crippen molar-refractivity contribution in [3.8, 4) is 0 Å². The second kappa shape index (κ2) is 9.55. The minimum Gasteiger partial charge on any atom is -0.377 e. The predicted octanol–water partition coefficient (Wildman–Crippen LogP) is 4.60. The molecular formula is C21H29N3O2S. The minimum atomic E-state index is -0.114. The number of amides is 2. The fraction of sp³-hybridized carbons (Fsp3) is 0.429. The number of carbonyl (C=O) groups excluding carboxylic acids is 2. The lowest BCUT2D eigenvalue weighted by molar-refractivity contribution is -0.133. The van der Waals surface area contributed by atoms with Crippen molar-refractivity contribution in [1.82, 2.24) is 4.90 Å². The summed E-state index contributed by atoms with van der Waals surface area (Å²) in [5.41, 5.74) is 2.80. The molecule has 2 rings (SSSR count). The van der Waals surface area contributed by atoms with Gasteiger partial charge in [0.2, 0.25) is 5.91 Å². The van der Waals surface area contributed by atoms with Crippen molar-refractivity contribution in [2.75, 3.05) is 24.3 Å². The molecule has 1 aromatic heterocycles. The van der Waals surface area contributed by atoms with Crippen molar-refractivity contribution < 1.29 is 9.59 Å². The summed E-state index contributed by atoms with van der Waals surface area (Å²) < 4.78 is 0. The van der Waals surface area contributed by atoms with Gasteiger partial charge in [0.15, 0.2) is 0 Å². The van der Waals surface area contributed by atoms with Gasteiger partial charge in [0.05, 0.1) is 4.88 Å². The van der Waals surface area contributed by atoms with Crippen molar-refractivity contribution in [3.63, 3.8) is 0 Å². The van der Waals surface area contributed by atoms with E-state index in [-0.39, 0.29) is 17.9 Å². The molecule has 0 saturated heterocycles. The summed E-state index contributed by atoms with van der Waals surface area (Å²) in [6, 6.07) is 9.69. The Bertz CT molecular complexity index is 772. The lowest BCUT2D eigenvalue weighted by Crippen LogP contribution is -2.37. The molecule has 0 bridgehead atoms. The molecule has 0 aliphatic heterocycles. The van der Waals surface area contributed by atoms with Crippen LogP contribution in [-0.4, -0.2) is 36.9 Å². The number of carbonyl (C=O) groups is 2. The second-order valence-corrected chi connectivity index (χ2v) is 7.75. The first-order valence-corrected chi connectivity index (χ1v) is 10.2. The van der Waals surface area contributed by atoms with Gasteiger partial charge in [-0.3, -0.25) is 9.59 Å². The summed E-state index contributed by atoms with van der Waals surface area (Å²) >= 11 is 1.41. The Kier molecular flexibility index (Phi) is 7.42. The molecule has 6 heteroatoms. The van der Waals surface area contributed by atoms with Gasteiger partial charge in [0.1, 0.15) is 0 Å². The molecule has 1 heterocycles. The van der Waals surface area contributed by atoms with Gasteiger partial charge in [-0.2, -0.15) is 0 Å². The normalized spacial score (nSPS) is 11.7. The van der Waals surface area contributed by atoms with E-state index < -0.39 is 0 Å². The molecule has 2 aromatic rings. The summed E-state index contributed by atoms with van der Waals surface area (Å²) in [4.78, 5) is 29.5. The maximum absolute atomic E-state index is 12.5. The Morgan fingerprint density at radius 2 is 1.93 bits per heavy atom. The van der Waals surface area contributed by atoms with Crippen LogP contribution in [0.4, 0.5) is 11.4 Å². The minimum absolute atomic E-state index is 0.114. The lowest BCUT2D eigenvalue weighted by atomic mass is 10.1. The number of thiophene rings is 1. The smallest absolute Gasteiger partial charge is 0.265 e. The van der Waals surface area contributed by atoms with Gasteiger partial charge in [-0.1, -0.05) is 19.9 Å². The molecule has 5 nitrogen and oxygen atoms in total. The van der Waals surface area contributed by atoms with E-state index in [2.05, 4.69) is 19.2 Å². The number of benzene rings is 1. The highest BCUT2D eigenvalue weighted by Crippen LogP contribution is 2.26. The van der Waals surface area contributed by atoms with Crippen LogP contribution < -0.4 is 10.2 Å². The summed E-state index contributed by atoms with van der Waals surface area (Å²) in [6.07, 6.45) is 1.38. The van der Waals surface area contributed by atoms with Crippen molar-refractivity contribution >= 4 is 34.5 Å². The summed E-state index contributed by atoms with van der Waals surface area (Å²) in [6.45, 7) is 6.58. The zero-order chi connectivity index (χ0) is 20.0. The average Bonchev–Trinajstić information content (AvgIpc) is 3.19. The number of anilines is 2. The van der Waals surface area contributed by atoms with E-state index in [0.29, 0.717) is 17.8 Å². The van der Waals surface area contributed by atoms with Gasteiger partial charge in [0, 0.05) is 44.5 Å². The Morgan fingerprint density at radius 1 is 1.19 bits per heavy atom. The van der Waals surface area contributed by atoms with E-state index in [4.69, 9.17) is 0 Å². The molecule has 0 aliphatic rings. The van der Waals surface area contributed by atoms with Crippen LogP contribution in [0.1, 0.15) is 48.8 Å².